The maximum absolute atomic E-state index is 12.5. The lowest BCUT2D eigenvalue weighted by atomic mass is 10.1. The molecule has 2 rings (SSSR count). The fourth-order valence-corrected chi connectivity index (χ4v) is 3.67. The van der Waals surface area contributed by atoms with Crippen molar-refractivity contribution in [1.82, 2.24) is 10.3 Å². The van der Waals surface area contributed by atoms with Crippen LogP contribution in [0, 0.1) is 6.92 Å². The smallest absolute Gasteiger partial charge is 0.262 e. The molecule has 2 N–H and O–H groups in total. The predicted octanol–water partition coefficient (Wildman–Crippen LogP) is 2.56. The van der Waals surface area contributed by atoms with E-state index >= 15 is 0 Å². The van der Waals surface area contributed by atoms with Gasteiger partial charge in [0.25, 0.3) is 10.0 Å². The topological polar surface area (TPSA) is 71.1 Å². The molecule has 7 heteroatoms. The van der Waals surface area contributed by atoms with E-state index in [0.717, 1.165) is 5.56 Å². The molecule has 0 saturated heterocycles. The molecule has 0 saturated carbocycles. The maximum atomic E-state index is 12.5. The standard InChI is InChI=1S/C14H16ClN3O2S/c1-10-11(9-16-2)7-12(15)8-14(10)21(19,20)18-13-3-5-17-6-4-13/h3-8,16H,9H2,1-2H3,(H,17,18). The fourth-order valence-electron chi connectivity index (χ4n) is 1.99. The average Bonchev–Trinajstić information content (AvgIpc) is 2.43. The minimum Gasteiger partial charge on any atom is -0.316 e. The van der Waals surface area contributed by atoms with E-state index in [1.807, 2.05) is 0 Å². The van der Waals surface area contributed by atoms with Crippen LogP contribution in [0.2, 0.25) is 5.02 Å². The molecule has 5 nitrogen and oxygen atoms in total. The first-order chi connectivity index (χ1) is 9.94. The zero-order valence-electron chi connectivity index (χ0n) is 11.7. The molecule has 0 aliphatic rings. The lowest BCUT2D eigenvalue weighted by molar-refractivity contribution is 0.600. The van der Waals surface area contributed by atoms with Crippen molar-refractivity contribution in [3.05, 3.63) is 52.8 Å². The maximum Gasteiger partial charge on any atom is 0.262 e. The Morgan fingerprint density at radius 1 is 1.24 bits per heavy atom. The van der Waals surface area contributed by atoms with Crippen molar-refractivity contribution in [3.63, 3.8) is 0 Å². The molecule has 112 valence electrons. The Kier molecular flexibility index (Phi) is 4.82. The summed E-state index contributed by atoms with van der Waals surface area (Å²) in [5, 5.41) is 3.39. The molecular formula is C14H16ClN3O2S. The van der Waals surface area contributed by atoms with E-state index in [4.69, 9.17) is 11.6 Å². The number of nitrogens with one attached hydrogen (secondary N) is 2. The van der Waals surface area contributed by atoms with Crippen LogP contribution in [0.1, 0.15) is 11.1 Å². The van der Waals surface area contributed by atoms with E-state index in [0.29, 0.717) is 22.8 Å². The van der Waals surface area contributed by atoms with E-state index in [-0.39, 0.29) is 4.90 Å². The molecule has 0 aliphatic heterocycles. The van der Waals surface area contributed by atoms with Gasteiger partial charge in [0.15, 0.2) is 0 Å². The summed E-state index contributed by atoms with van der Waals surface area (Å²) in [6.07, 6.45) is 3.05. The molecule has 2 aromatic rings. The van der Waals surface area contributed by atoms with Gasteiger partial charge in [0.2, 0.25) is 0 Å². The summed E-state index contributed by atoms with van der Waals surface area (Å²) in [5.41, 5.74) is 1.98. The molecule has 21 heavy (non-hydrogen) atoms. The molecule has 0 spiro atoms. The van der Waals surface area contributed by atoms with Gasteiger partial charge in [-0.25, -0.2) is 8.42 Å². The second-order valence-electron chi connectivity index (χ2n) is 4.56. The molecule has 1 aromatic heterocycles. The van der Waals surface area contributed by atoms with Gasteiger partial charge in [-0.05, 0) is 49.4 Å². The number of aromatic nitrogens is 1. The molecule has 1 aromatic carbocycles. The molecule has 0 aliphatic carbocycles. The number of sulfonamides is 1. The first-order valence-electron chi connectivity index (χ1n) is 6.30. The van der Waals surface area contributed by atoms with Crippen molar-refractivity contribution in [2.24, 2.45) is 0 Å². The van der Waals surface area contributed by atoms with Gasteiger partial charge in [-0.2, -0.15) is 0 Å². The number of hydrogen-bond acceptors (Lipinski definition) is 4. The SMILES string of the molecule is CNCc1cc(Cl)cc(S(=O)(=O)Nc2ccncc2)c1C. The number of benzene rings is 1. The molecule has 0 atom stereocenters. The second-order valence-corrected chi connectivity index (χ2v) is 6.65. The van der Waals surface area contributed by atoms with E-state index in [2.05, 4.69) is 15.0 Å². The number of nitrogens with zero attached hydrogens (tertiary/aromatic N) is 1. The van der Waals surface area contributed by atoms with Crippen molar-refractivity contribution in [1.29, 1.82) is 0 Å². The highest BCUT2D eigenvalue weighted by atomic mass is 35.5. The lowest BCUT2D eigenvalue weighted by Crippen LogP contribution is -2.16. The highest BCUT2D eigenvalue weighted by molar-refractivity contribution is 7.92. The minimum atomic E-state index is -3.70. The summed E-state index contributed by atoms with van der Waals surface area (Å²) in [6, 6.07) is 6.40. The highest BCUT2D eigenvalue weighted by Crippen LogP contribution is 2.26. The molecule has 0 unspecified atom stereocenters. The molecule has 0 radical (unpaired) electrons. The third-order valence-electron chi connectivity index (χ3n) is 3.02. The van der Waals surface area contributed by atoms with Crippen LogP contribution in [0.5, 0.6) is 0 Å². The van der Waals surface area contributed by atoms with Crippen LogP contribution in [0.15, 0.2) is 41.6 Å². The number of halogens is 1. The third-order valence-corrected chi connectivity index (χ3v) is 4.75. The zero-order chi connectivity index (χ0) is 15.5. The number of hydrogen-bond donors (Lipinski definition) is 2. The van der Waals surface area contributed by atoms with Gasteiger partial charge in [-0.15, -0.1) is 0 Å². The van der Waals surface area contributed by atoms with E-state index < -0.39 is 10.0 Å². The van der Waals surface area contributed by atoms with E-state index in [1.165, 1.54) is 18.5 Å². The van der Waals surface area contributed by atoms with Gasteiger partial charge in [0, 0.05) is 24.0 Å². The van der Waals surface area contributed by atoms with Crippen LogP contribution in [0.25, 0.3) is 0 Å². The lowest BCUT2D eigenvalue weighted by Gasteiger charge is -2.14. The fraction of sp³-hybridized carbons (Fsp3) is 0.214. The monoisotopic (exact) mass is 325 g/mol. The van der Waals surface area contributed by atoms with Gasteiger partial charge in [-0.3, -0.25) is 9.71 Å². The number of pyridine rings is 1. The van der Waals surface area contributed by atoms with Crippen molar-refractivity contribution in [2.45, 2.75) is 18.4 Å². The first kappa shape index (κ1) is 15.8. The quantitative estimate of drug-likeness (QED) is 0.886. The zero-order valence-corrected chi connectivity index (χ0v) is 13.3. The first-order valence-corrected chi connectivity index (χ1v) is 8.16. The summed E-state index contributed by atoms with van der Waals surface area (Å²) < 4.78 is 27.6. The molecule has 0 amide bonds. The van der Waals surface area contributed by atoms with Gasteiger partial charge >= 0.3 is 0 Å². The van der Waals surface area contributed by atoms with Crippen LogP contribution in [-0.4, -0.2) is 20.4 Å². The van der Waals surface area contributed by atoms with Crippen LogP contribution >= 0.6 is 11.6 Å². The Morgan fingerprint density at radius 2 is 1.90 bits per heavy atom. The molecule has 0 fully saturated rings. The molecule has 0 bridgehead atoms. The van der Waals surface area contributed by atoms with Crippen LogP contribution in [0.4, 0.5) is 5.69 Å². The van der Waals surface area contributed by atoms with Crippen molar-refractivity contribution in [2.75, 3.05) is 11.8 Å². The van der Waals surface area contributed by atoms with Gasteiger partial charge in [0.05, 0.1) is 10.6 Å². The van der Waals surface area contributed by atoms with E-state index in [1.54, 1.807) is 32.2 Å². The van der Waals surface area contributed by atoms with Gasteiger partial charge < -0.3 is 5.32 Å². The summed E-state index contributed by atoms with van der Waals surface area (Å²) in [7, 11) is -1.90. The van der Waals surface area contributed by atoms with Crippen LogP contribution in [-0.2, 0) is 16.6 Å². The summed E-state index contributed by atoms with van der Waals surface area (Å²) in [4.78, 5) is 4.03. The highest BCUT2D eigenvalue weighted by Gasteiger charge is 2.19. The minimum absolute atomic E-state index is 0.178. The van der Waals surface area contributed by atoms with Gasteiger partial charge in [0.1, 0.15) is 0 Å². The van der Waals surface area contributed by atoms with Crippen molar-refractivity contribution >= 4 is 27.3 Å². The van der Waals surface area contributed by atoms with Crippen LogP contribution < -0.4 is 10.0 Å². The Morgan fingerprint density at radius 3 is 2.52 bits per heavy atom. The van der Waals surface area contributed by atoms with Gasteiger partial charge in [-0.1, -0.05) is 11.6 Å². The number of anilines is 1. The average molecular weight is 326 g/mol. The largest absolute Gasteiger partial charge is 0.316 e. The predicted molar refractivity (Wildman–Crippen MR) is 84.0 cm³/mol. The summed E-state index contributed by atoms with van der Waals surface area (Å²) in [6.45, 7) is 2.31. The van der Waals surface area contributed by atoms with Crippen molar-refractivity contribution < 1.29 is 8.42 Å². The summed E-state index contributed by atoms with van der Waals surface area (Å²) >= 11 is 6.04. The normalized spacial score (nSPS) is 11.4. The van der Waals surface area contributed by atoms with Crippen LogP contribution in [0.3, 0.4) is 0 Å². The Hall–Kier alpha value is -1.63. The Bertz CT molecular complexity index is 733. The summed E-state index contributed by atoms with van der Waals surface area (Å²) in [5.74, 6) is 0. The third kappa shape index (κ3) is 3.72. The van der Waals surface area contributed by atoms with Crippen molar-refractivity contribution in [3.8, 4) is 0 Å². The number of rotatable bonds is 5. The Balaban J connectivity index is 2.45. The molecule has 1 heterocycles. The molecular weight excluding hydrogens is 310 g/mol. The Labute approximate surface area is 129 Å². The second kappa shape index (κ2) is 6.43. The van der Waals surface area contributed by atoms with E-state index in [9.17, 15) is 8.42 Å².